The van der Waals surface area contributed by atoms with E-state index >= 15 is 0 Å². The smallest absolute Gasteiger partial charge is 0.119 e. The molecule has 0 saturated carbocycles. The standard InChI is InChI=1S/C13H21NO2/c1-4-13(3,15)9-16-12-7-5-6-11(8-12)10(2)14/h5-8,10,15H,4,9,14H2,1-3H3. The summed E-state index contributed by atoms with van der Waals surface area (Å²) in [5.74, 6) is 0.753. The van der Waals surface area contributed by atoms with Crippen LogP contribution in [0.15, 0.2) is 24.3 Å². The average Bonchev–Trinajstić information content (AvgIpc) is 2.27. The molecular formula is C13H21NO2. The van der Waals surface area contributed by atoms with Gasteiger partial charge in [0.15, 0.2) is 0 Å². The van der Waals surface area contributed by atoms with Crippen LogP contribution >= 0.6 is 0 Å². The van der Waals surface area contributed by atoms with Gasteiger partial charge in [-0.05, 0) is 38.0 Å². The van der Waals surface area contributed by atoms with Crippen LogP contribution in [-0.4, -0.2) is 17.3 Å². The maximum Gasteiger partial charge on any atom is 0.119 e. The Bertz CT molecular complexity index is 334. The Balaban J connectivity index is 2.64. The van der Waals surface area contributed by atoms with E-state index in [9.17, 15) is 5.11 Å². The van der Waals surface area contributed by atoms with Gasteiger partial charge in [0.2, 0.25) is 0 Å². The molecule has 0 aliphatic rings. The van der Waals surface area contributed by atoms with Crippen LogP contribution in [0.25, 0.3) is 0 Å². The van der Waals surface area contributed by atoms with E-state index in [0.717, 1.165) is 11.3 Å². The Morgan fingerprint density at radius 1 is 1.50 bits per heavy atom. The molecule has 0 aliphatic heterocycles. The summed E-state index contributed by atoms with van der Waals surface area (Å²) in [6, 6.07) is 7.66. The zero-order valence-electron chi connectivity index (χ0n) is 10.2. The minimum absolute atomic E-state index is 0.00441. The number of benzene rings is 1. The van der Waals surface area contributed by atoms with Crippen LogP contribution in [0.4, 0.5) is 0 Å². The van der Waals surface area contributed by atoms with E-state index in [0.29, 0.717) is 13.0 Å². The number of hydrogen-bond acceptors (Lipinski definition) is 3. The number of nitrogens with two attached hydrogens (primary N) is 1. The first-order valence-electron chi connectivity index (χ1n) is 5.65. The highest BCUT2D eigenvalue weighted by molar-refractivity contribution is 5.30. The van der Waals surface area contributed by atoms with Crippen LogP contribution < -0.4 is 10.5 Å². The molecule has 2 unspecified atom stereocenters. The first-order valence-corrected chi connectivity index (χ1v) is 5.65. The molecular weight excluding hydrogens is 202 g/mol. The van der Waals surface area contributed by atoms with Crippen molar-refractivity contribution in [3.05, 3.63) is 29.8 Å². The van der Waals surface area contributed by atoms with Crippen molar-refractivity contribution in [1.29, 1.82) is 0 Å². The van der Waals surface area contributed by atoms with Gasteiger partial charge in [0.1, 0.15) is 12.4 Å². The lowest BCUT2D eigenvalue weighted by Crippen LogP contribution is -2.31. The van der Waals surface area contributed by atoms with Crippen molar-refractivity contribution in [3.8, 4) is 5.75 Å². The quantitative estimate of drug-likeness (QED) is 0.805. The van der Waals surface area contributed by atoms with Gasteiger partial charge >= 0.3 is 0 Å². The fourth-order valence-electron chi connectivity index (χ4n) is 1.23. The second-order valence-corrected chi connectivity index (χ2v) is 4.50. The molecule has 0 aromatic heterocycles. The van der Waals surface area contributed by atoms with Crippen LogP contribution in [0.2, 0.25) is 0 Å². The minimum Gasteiger partial charge on any atom is -0.491 e. The summed E-state index contributed by atoms with van der Waals surface area (Å²) in [6.07, 6.45) is 0.667. The van der Waals surface area contributed by atoms with Gasteiger partial charge in [0, 0.05) is 6.04 Å². The van der Waals surface area contributed by atoms with Crippen LogP contribution in [0.1, 0.15) is 38.8 Å². The van der Waals surface area contributed by atoms with Gasteiger partial charge < -0.3 is 15.6 Å². The normalized spacial score (nSPS) is 16.6. The second-order valence-electron chi connectivity index (χ2n) is 4.50. The SMILES string of the molecule is CCC(C)(O)COc1cccc(C(C)N)c1. The zero-order valence-corrected chi connectivity index (χ0v) is 10.2. The molecule has 0 spiro atoms. The van der Waals surface area contributed by atoms with E-state index in [-0.39, 0.29) is 6.04 Å². The van der Waals surface area contributed by atoms with E-state index in [4.69, 9.17) is 10.5 Å². The number of aliphatic hydroxyl groups is 1. The van der Waals surface area contributed by atoms with Gasteiger partial charge in [-0.15, -0.1) is 0 Å². The van der Waals surface area contributed by atoms with Gasteiger partial charge in [0.05, 0.1) is 5.60 Å². The molecule has 1 aromatic carbocycles. The van der Waals surface area contributed by atoms with Crippen molar-refractivity contribution < 1.29 is 9.84 Å². The van der Waals surface area contributed by atoms with Crippen LogP contribution in [0.5, 0.6) is 5.75 Å². The van der Waals surface area contributed by atoms with Gasteiger partial charge in [-0.3, -0.25) is 0 Å². The molecule has 3 heteroatoms. The summed E-state index contributed by atoms with van der Waals surface area (Å²) in [6.45, 7) is 5.93. The minimum atomic E-state index is -0.773. The first kappa shape index (κ1) is 13.0. The summed E-state index contributed by atoms with van der Waals surface area (Å²) in [7, 11) is 0. The third-order valence-electron chi connectivity index (χ3n) is 2.70. The molecule has 0 saturated heterocycles. The molecule has 0 aliphatic carbocycles. The molecule has 3 N–H and O–H groups in total. The van der Waals surface area contributed by atoms with Crippen molar-refractivity contribution >= 4 is 0 Å². The fraction of sp³-hybridized carbons (Fsp3) is 0.538. The Hall–Kier alpha value is -1.06. The van der Waals surface area contributed by atoms with Crippen LogP contribution in [0.3, 0.4) is 0 Å². The predicted molar refractivity (Wildman–Crippen MR) is 65.5 cm³/mol. The molecule has 90 valence electrons. The summed E-state index contributed by atoms with van der Waals surface area (Å²) in [5, 5.41) is 9.81. The largest absolute Gasteiger partial charge is 0.491 e. The molecule has 0 fully saturated rings. The molecule has 2 atom stereocenters. The van der Waals surface area contributed by atoms with Gasteiger partial charge in [-0.1, -0.05) is 19.1 Å². The van der Waals surface area contributed by atoms with Gasteiger partial charge in [0.25, 0.3) is 0 Å². The first-order chi connectivity index (χ1) is 7.44. The lowest BCUT2D eigenvalue weighted by molar-refractivity contribution is 0.00844. The highest BCUT2D eigenvalue weighted by atomic mass is 16.5. The maximum absolute atomic E-state index is 9.81. The van der Waals surface area contributed by atoms with E-state index in [1.807, 2.05) is 38.1 Å². The molecule has 16 heavy (non-hydrogen) atoms. The monoisotopic (exact) mass is 223 g/mol. The van der Waals surface area contributed by atoms with Gasteiger partial charge in [-0.25, -0.2) is 0 Å². The third-order valence-corrected chi connectivity index (χ3v) is 2.70. The Labute approximate surface area is 97.2 Å². The van der Waals surface area contributed by atoms with Crippen molar-refractivity contribution in [2.45, 2.75) is 38.8 Å². The van der Waals surface area contributed by atoms with E-state index in [1.165, 1.54) is 0 Å². The van der Waals surface area contributed by atoms with Crippen molar-refractivity contribution in [3.63, 3.8) is 0 Å². The number of ether oxygens (including phenoxy) is 1. The molecule has 1 rings (SSSR count). The topological polar surface area (TPSA) is 55.5 Å². The van der Waals surface area contributed by atoms with E-state index in [1.54, 1.807) is 6.92 Å². The average molecular weight is 223 g/mol. The number of rotatable bonds is 5. The third kappa shape index (κ3) is 3.83. The molecule has 0 heterocycles. The summed E-state index contributed by atoms with van der Waals surface area (Å²) < 4.78 is 5.55. The van der Waals surface area contributed by atoms with Crippen LogP contribution in [0, 0.1) is 0 Å². The maximum atomic E-state index is 9.81. The molecule has 0 amide bonds. The highest BCUT2D eigenvalue weighted by Gasteiger charge is 2.18. The Morgan fingerprint density at radius 2 is 2.19 bits per heavy atom. The van der Waals surface area contributed by atoms with Gasteiger partial charge in [-0.2, -0.15) is 0 Å². The summed E-state index contributed by atoms with van der Waals surface area (Å²) in [5.41, 5.74) is 6.05. The molecule has 1 aromatic rings. The Morgan fingerprint density at radius 3 is 2.75 bits per heavy atom. The molecule has 0 radical (unpaired) electrons. The van der Waals surface area contributed by atoms with Crippen molar-refractivity contribution in [2.24, 2.45) is 5.73 Å². The molecule has 0 bridgehead atoms. The number of hydrogen-bond donors (Lipinski definition) is 2. The van der Waals surface area contributed by atoms with Crippen LogP contribution in [-0.2, 0) is 0 Å². The lowest BCUT2D eigenvalue weighted by Gasteiger charge is -2.21. The fourth-order valence-corrected chi connectivity index (χ4v) is 1.23. The summed E-state index contributed by atoms with van der Waals surface area (Å²) >= 11 is 0. The Kier molecular flexibility index (Phi) is 4.33. The van der Waals surface area contributed by atoms with Crippen molar-refractivity contribution in [1.82, 2.24) is 0 Å². The molecule has 3 nitrogen and oxygen atoms in total. The summed E-state index contributed by atoms with van der Waals surface area (Å²) in [4.78, 5) is 0. The van der Waals surface area contributed by atoms with Crippen molar-refractivity contribution in [2.75, 3.05) is 6.61 Å². The second kappa shape index (κ2) is 5.32. The predicted octanol–water partition coefficient (Wildman–Crippen LogP) is 2.25. The zero-order chi connectivity index (χ0) is 12.2. The lowest BCUT2D eigenvalue weighted by atomic mass is 10.1. The van der Waals surface area contributed by atoms with E-state index in [2.05, 4.69) is 0 Å². The highest BCUT2D eigenvalue weighted by Crippen LogP contribution is 2.19. The van der Waals surface area contributed by atoms with E-state index < -0.39 is 5.60 Å².